The smallest absolute Gasteiger partial charge is 0.191 e. The fourth-order valence-electron chi connectivity index (χ4n) is 3.13. The van der Waals surface area contributed by atoms with E-state index < -0.39 is 0 Å². The molecule has 0 aliphatic rings. The van der Waals surface area contributed by atoms with Crippen LogP contribution in [-0.4, -0.2) is 45.0 Å². The van der Waals surface area contributed by atoms with Gasteiger partial charge in [0.25, 0.3) is 0 Å². The molecule has 0 bridgehead atoms. The van der Waals surface area contributed by atoms with Gasteiger partial charge in [-0.2, -0.15) is 0 Å². The summed E-state index contributed by atoms with van der Waals surface area (Å²) in [6.07, 6.45) is 1.84. The molecule has 27 heavy (non-hydrogen) atoms. The first-order valence-corrected chi connectivity index (χ1v) is 9.82. The molecule has 6 heteroatoms. The minimum Gasteiger partial charge on any atom is -0.497 e. The van der Waals surface area contributed by atoms with Crippen LogP contribution in [0.15, 0.2) is 23.2 Å². The molecule has 0 saturated carbocycles. The fourth-order valence-corrected chi connectivity index (χ4v) is 3.13. The number of ether oxygens (including phenoxy) is 2. The van der Waals surface area contributed by atoms with E-state index in [1.807, 2.05) is 25.1 Å². The Morgan fingerprint density at radius 2 is 1.93 bits per heavy atom. The molecular formula is C21H37N3O3. The van der Waals surface area contributed by atoms with Crippen LogP contribution in [0.1, 0.15) is 52.1 Å². The summed E-state index contributed by atoms with van der Waals surface area (Å²) < 4.78 is 10.8. The van der Waals surface area contributed by atoms with E-state index in [0.29, 0.717) is 18.4 Å². The summed E-state index contributed by atoms with van der Waals surface area (Å²) >= 11 is 0. The summed E-state index contributed by atoms with van der Waals surface area (Å²) in [5.41, 5.74) is 1.01. The van der Waals surface area contributed by atoms with Gasteiger partial charge in [0, 0.05) is 25.3 Å². The lowest BCUT2D eigenvalue weighted by molar-refractivity contribution is 0.245. The third-order valence-electron chi connectivity index (χ3n) is 4.45. The molecule has 154 valence electrons. The van der Waals surface area contributed by atoms with Crippen molar-refractivity contribution in [3.8, 4) is 11.5 Å². The number of hydrogen-bond donors (Lipinski definition) is 3. The van der Waals surface area contributed by atoms with Crippen LogP contribution in [0.3, 0.4) is 0 Å². The topological polar surface area (TPSA) is 75.1 Å². The maximum absolute atomic E-state index is 9.31. The van der Waals surface area contributed by atoms with Crippen LogP contribution in [0.5, 0.6) is 11.5 Å². The lowest BCUT2D eigenvalue weighted by Crippen LogP contribution is -2.39. The van der Waals surface area contributed by atoms with E-state index in [2.05, 4.69) is 31.4 Å². The normalized spacial score (nSPS) is 14.0. The second kappa shape index (κ2) is 12.4. The largest absolute Gasteiger partial charge is 0.497 e. The molecule has 2 atom stereocenters. The number of aliphatic hydroxyl groups excluding tert-OH is 1. The number of methoxy groups -OCH3 is 2. The molecule has 0 radical (unpaired) electrons. The molecule has 0 saturated heterocycles. The van der Waals surface area contributed by atoms with Crippen molar-refractivity contribution in [2.45, 2.75) is 46.6 Å². The number of hydrogen-bond acceptors (Lipinski definition) is 4. The van der Waals surface area contributed by atoms with E-state index in [-0.39, 0.29) is 12.6 Å². The summed E-state index contributed by atoms with van der Waals surface area (Å²) in [5, 5.41) is 16.1. The van der Waals surface area contributed by atoms with Gasteiger partial charge in [-0.3, -0.25) is 4.99 Å². The Labute approximate surface area is 164 Å². The number of nitrogens with zero attached hydrogens (tertiary/aromatic N) is 1. The molecule has 1 aromatic carbocycles. The number of guanidine groups is 1. The zero-order chi connectivity index (χ0) is 20.2. The van der Waals surface area contributed by atoms with Crippen molar-refractivity contribution in [1.82, 2.24) is 10.6 Å². The van der Waals surface area contributed by atoms with Crippen molar-refractivity contribution in [3.05, 3.63) is 23.8 Å². The first-order valence-electron chi connectivity index (χ1n) is 9.82. The highest BCUT2D eigenvalue weighted by Crippen LogP contribution is 2.29. The number of aliphatic imine (C=N–C) groups is 1. The Bertz CT molecular complexity index is 576. The highest BCUT2D eigenvalue weighted by molar-refractivity contribution is 5.80. The minimum atomic E-state index is -0.00533. The predicted octanol–water partition coefficient (Wildman–Crippen LogP) is 3.36. The molecule has 0 aliphatic heterocycles. The van der Waals surface area contributed by atoms with Crippen molar-refractivity contribution in [1.29, 1.82) is 0 Å². The van der Waals surface area contributed by atoms with E-state index in [1.165, 1.54) is 0 Å². The maximum atomic E-state index is 9.31. The molecule has 0 spiro atoms. The first kappa shape index (κ1) is 23.1. The average molecular weight is 380 g/mol. The van der Waals surface area contributed by atoms with Crippen LogP contribution in [0, 0.1) is 11.8 Å². The van der Waals surface area contributed by atoms with E-state index in [9.17, 15) is 5.11 Å². The third kappa shape index (κ3) is 8.08. The van der Waals surface area contributed by atoms with Crippen LogP contribution in [-0.2, 0) is 0 Å². The summed E-state index contributed by atoms with van der Waals surface area (Å²) in [6, 6.07) is 5.78. The molecule has 1 rings (SSSR count). The van der Waals surface area contributed by atoms with Gasteiger partial charge < -0.3 is 25.2 Å². The summed E-state index contributed by atoms with van der Waals surface area (Å²) in [5.74, 6) is 3.34. The van der Waals surface area contributed by atoms with E-state index in [0.717, 1.165) is 42.4 Å². The molecule has 0 amide bonds. The summed E-state index contributed by atoms with van der Waals surface area (Å²) in [4.78, 5) is 4.76. The quantitative estimate of drug-likeness (QED) is 0.406. The summed E-state index contributed by atoms with van der Waals surface area (Å²) in [7, 11) is 3.33. The van der Waals surface area contributed by atoms with Crippen LogP contribution >= 0.6 is 0 Å². The Balaban J connectivity index is 2.91. The van der Waals surface area contributed by atoms with Crippen molar-refractivity contribution >= 4 is 5.96 Å². The SMILES string of the molecule is CCNC(=NCC(CCO)CC(C)C)NC(C)c1cc(OC)ccc1OC. The maximum Gasteiger partial charge on any atom is 0.191 e. The van der Waals surface area contributed by atoms with Gasteiger partial charge in [0.15, 0.2) is 5.96 Å². The van der Waals surface area contributed by atoms with Gasteiger partial charge in [-0.05, 0) is 56.7 Å². The second-order valence-electron chi connectivity index (χ2n) is 7.20. The van der Waals surface area contributed by atoms with Crippen LogP contribution in [0.4, 0.5) is 0 Å². The average Bonchev–Trinajstić information content (AvgIpc) is 2.65. The molecule has 0 fully saturated rings. The zero-order valence-corrected chi connectivity index (χ0v) is 17.7. The lowest BCUT2D eigenvalue weighted by atomic mass is 9.94. The molecule has 3 N–H and O–H groups in total. The van der Waals surface area contributed by atoms with Crippen molar-refractivity contribution in [2.75, 3.05) is 33.9 Å². The van der Waals surface area contributed by atoms with Gasteiger partial charge in [-0.1, -0.05) is 13.8 Å². The monoisotopic (exact) mass is 379 g/mol. The van der Waals surface area contributed by atoms with Gasteiger partial charge in [-0.25, -0.2) is 0 Å². The Morgan fingerprint density at radius 3 is 2.48 bits per heavy atom. The van der Waals surface area contributed by atoms with Crippen LogP contribution in [0.25, 0.3) is 0 Å². The third-order valence-corrected chi connectivity index (χ3v) is 4.45. The molecule has 1 aromatic rings. The van der Waals surface area contributed by atoms with E-state index in [4.69, 9.17) is 14.5 Å². The van der Waals surface area contributed by atoms with Gasteiger partial charge in [0.2, 0.25) is 0 Å². The number of rotatable bonds is 11. The van der Waals surface area contributed by atoms with E-state index in [1.54, 1.807) is 14.2 Å². The Hall–Kier alpha value is -1.95. The fraction of sp³-hybridized carbons (Fsp3) is 0.667. The van der Waals surface area contributed by atoms with Gasteiger partial charge in [-0.15, -0.1) is 0 Å². The number of nitrogens with one attached hydrogen (secondary N) is 2. The molecule has 2 unspecified atom stereocenters. The highest BCUT2D eigenvalue weighted by atomic mass is 16.5. The molecule has 0 aromatic heterocycles. The molecule has 6 nitrogen and oxygen atoms in total. The van der Waals surface area contributed by atoms with Crippen molar-refractivity contribution < 1.29 is 14.6 Å². The minimum absolute atomic E-state index is 0.00533. The first-order chi connectivity index (χ1) is 12.9. The second-order valence-corrected chi connectivity index (χ2v) is 7.20. The Morgan fingerprint density at radius 1 is 1.19 bits per heavy atom. The molecular weight excluding hydrogens is 342 g/mol. The molecule has 0 aliphatic carbocycles. The van der Waals surface area contributed by atoms with Crippen molar-refractivity contribution in [3.63, 3.8) is 0 Å². The Kier molecular flexibility index (Phi) is 10.6. The van der Waals surface area contributed by atoms with E-state index >= 15 is 0 Å². The van der Waals surface area contributed by atoms with Crippen LogP contribution < -0.4 is 20.1 Å². The lowest BCUT2D eigenvalue weighted by Gasteiger charge is -2.22. The summed E-state index contributed by atoms with van der Waals surface area (Å²) in [6.45, 7) is 10.2. The van der Waals surface area contributed by atoms with Crippen molar-refractivity contribution in [2.24, 2.45) is 16.8 Å². The predicted molar refractivity (Wildman–Crippen MR) is 112 cm³/mol. The number of benzene rings is 1. The van der Waals surface area contributed by atoms with Crippen LogP contribution in [0.2, 0.25) is 0 Å². The highest BCUT2D eigenvalue weighted by Gasteiger charge is 2.15. The standard InChI is InChI=1S/C21H37N3O3/c1-7-22-21(23-14-17(10-11-25)12-15(2)3)24-16(4)19-13-18(26-5)8-9-20(19)27-6/h8-9,13,15-17,25H,7,10-12,14H2,1-6H3,(H2,22,23,24). The zero-order valence-electron chi connectivity index (χ0n) is 17.7. The van der Waals surface area contributed by atoms with Gasteiger partial charge in [0.1, 0.15) is 11.5 Å². The van der Waals surface area contributed by atoms with Gasteiger partial charge >= 0.3 is 0 Å². The molecule has 0 heterocycles. The number of aliphatic hydroxyl groups is 1. The van der Waals surface area contributed by atoms with Gasteiger partial charge in [0.05, 0.1) is 20.3 Å².